The van der Waals surface area contributed by atoms with E-state index in [-0.39, 0.29) is 17.7 Å². The molecule has 8 heteroatoms. The van der Waals surface area contributed by atoms with Crippen LogP contribution in [0, 0.1) is 5.92 Å². The highest BCUT2D eigenvalue weighted by molar-refractivity contribution is 7.96. The summed E-state index contributed by atoms with van der Waals surface area (Å²) in [5.41, 5.74) is 4.85. The number of fused-ring (bicyclic) bond motifs is 2. The Labute approximate surface area is 155 Å². The fourth-order valence-corrected chi connectivity index (χ4v) is 4.66. The number of hydrogen-bond donors (Lipinski definition) is 1. The monoisotopic (exact) mass is 372 g/mol. The number of rotatable bonds is 7. The van der Waals surface area contributed by atoms with Crippen molar-refractivity contribution >= 4 is 23.8 Å². The van der Waals surface area contributed by atoms with E-state index in [9.17, 15) is 9.59 Å². The minimum absolute atomic E-state index is 0.00301. The first kappa shape index (κ1) is 20.6. The van der Waals surface area contributed by atoms with Gasteiger partial charge >= 0.3 is 0 Å². The van der Waals surface area contributed by atoms with Crippen LogP contribution >= 0.6 is 11.9 Å². The van der Waals surface area contributed by atoms with Gasteiger partial charge in [0.05, 0.1) is 0 Å². The van der Waals surface area contributed by atoms with Gasteiger partial charge in [-0.15, -0.1) is 0 Å². The van der Waals surface area contributed by atoms with E-state index >= 15 is 0 Å². The van der Waals surface area contributed by atoms with Crippen LogP contribution < -0.4 is 5.73 Å². The zero-order valence-electron chi connectivity index (χ0n) is 15.6. The molecule has 3 aliphatic rings. The van der Waals surface area contributed by atoms with Crippen molar-refractivity contribution in [3.8, 4) is 0 Å². The molecule has 0 aromatic heterocycles. The molecule has 25 heavy (non-hydrogen) atoms. The molecule has 7 nitrogen and oxygen atoms in total. The standard InChI is InChI=1S/C15H25N3O3S.C2H7N/c1-3-21-10-22-18-9-12-7-13(18)8-16(12)4-5-17-14(19)6-11(2)15(17)20;1-2-3/h11-13H,3-10H2,1-2H3;2-3H2,1H3. The zero-order chi connectivity index (χ0) is 18.4. The first-order valence-corrected chi connectivity index (χ1v) is 10.2. The molecule has 0 aromatic rings. The molecular formula is C17H32N4O3S. The fraction of sp³-hybridized carbons (Fsp3) is 0.882. The summed E-state index contributed by atoms with van der Waals surface area (Å²) in [4.78, 5) is 27.7. The average molecular weight is 373 g/mol. The Morgan fingerprint density at radius 2 is 1.92 bits per heavy atom. The average Bonchev–Trinajstić information content (AvgIpc) is 3.21. The van der Waals surface area contributed by atoms with E-state index in [0.717, 1.165) is 38.7 Å². The van der Waals surface area contributed by atoms with E-state index in [1.807, 2.05) is 20.8 Å². The third kappa shape index (κ3) is 5.17. The number of ether oxygens (including phenoxy) is 1. The van der Waals surface area contributed by atoms with Crippen molar-refractivity contribution in [3.63, 3.8) is 0 Å². The first-order valence-electron chi connectivity index (χ1n) is 9.27. The van der Waals surface area contributed by atoms with Crippen LogP contribution in [-0.4, -0.2) is 83.3 Å². The van der Waals surface area contributed by atoms with Crippen LogP contribution in [0.25, 0.3) is 0 Å². The van der Waals surface area contributed by atoms with Gasteiger partial charge in [0.1, 0.15) is 5.94 Å². The molecule has 0 saturated carbocycles. The Bertz CT molecular complexity index is 465. The van der Waals surface area contributed by atoms with Crippen LogP contribution in [0.3, 0.4) is 0 Å². The summed E-state index contributed by atoms with van der Waals surface area (Å²) < 4.78 is 7.84. The number of carbonyl (C=O) groups is 2. The Morgan fingerprint density at radius 3 is 2.44 bits per heavy atom. The largest absolute Gasteiger partial charge is 0.370 e. The first-order chi connectivity index (χ1) is 12.0. The van der Waals surface area contributed by atoms with Crippen molar-refractivity contribution in [2.45, 2.75) is 45.7 Å². The Balaban J connectivity index is 0.000000701. The Kier molecular flexibility index (Phi) is 8.15. The summed E-state index contributed by atoms with van der Waals surface area (Å²) >= 11 is 1.78. The zero-order valence-corrected chi connectivity index (χ0v) is 16.5. The van der Waals surface area contributed by atoms with Crippen LogP contribution in [0.2, 0.25) is 0 Å². The van der Waals surface area contributed by atoms with E-state index in [1.54, 1.807) is 11.9 Å². The van der Waals surface area contributed by atoms with Gasteiger partial charge in [-0.25, -0.2) is 4.31 Å². The van der Waals surface area contributed by atoms with Crippen molar-refractivity contribution < 1.29 is 14.3 Å². The molecule has 3 rings (SSSR count). The number of amides is 2. The number of likely N-dealkylation sites (tertiary alicyclic amines) is 2. The highest BCUT2D eigenvalue weighted by atomic mass is 32.2. The second-order valence-corrected chi connectivity index (χ2v) is 7.74. The van der Waals surface area contributed by atoms with E-state index in [1.165, 1.54) is 11.3 Å². The summed E-state index contributed by atoms with van der Waals surface area (Å²) in [6.45, 7) is 10.7. The third-order valence-corrected chi connectivity index (χ3v) is 5.94. The summed E-state index contributed by atoms with van der Waals surface area (Å²) in [5, 5.41) is 0. The number of imide groups is 1. The van der Waals surface area contributed by atoms with Crippen LogP contribution in [0.5, 0.6) is 0 Å². The van der Waals surface area contributed by atoms with Gasteiger partial charge in [-0.2, -0.15) is 0 Å². The van der Waals surface area contributed by atoms with E-state index in [2.05, 4.69) is 9.21 Å². The molecule has 3 saturated heterocycles. The van der Waals surface area contributed by atoms with Crippen molar-refractivity contribution in [2.24, 2.45) is 11.7 Å². The van der Waals surface area contributed by atoms with Gasteiger partial charge in [-0.1, -0.05) is 13.8 Å². The van der Waals surface area contributed by atoms with E-state index in [4.69, 9.17) is 10.5 Å². The Morgan fingerprint density at radius 1 is 1.20 bits per heavy atom. The topological polar surface area (TPSA) is 79.1 Å². The number of nitrogens with two attached hydrogens (primary N) is 1. The highest BCUT2D eigenvalue weighted by Crippen LogP contribution is 2.35. The molecule has 3 heterocycles. The second-order valence-electron chi connectivity index (χ2n) is 6.77. The van der Waals surface area contributed by atoms with Gasteiger partial charge in [0.15, 0.2) is 0 Å². The molecule has 0 spiro atoms. The Hall–Kier alpha value is -0.670. The number of piperazine rings is 1. The lowest BCUT2D eigenvalue weighted by Gasteiger charge is -2.33. The summed E-state index contributed by atoms with van der Waals surface area (Å²) in [6, 6.07) is 1.14. The minimum Gasteiger partial charge on any atom is -0.370 e. The van der Waals surface area contributed by atoms with Crippen LogP contribution in [-0.2, 0) is 14.3 Å². The van der Waals surface area contributed by atoms with Gasteiger partial charge in [0.25, 0.3) is 0 Å². The predicted octanol–water partition coefficient (Wildman–Crippen LogP) is 0.747. The molecule has 0 aliphatic carbocycles. The maximum absolute atomic E-state index is 11.9. The molecule has 0 radical (unpaired) electrons. The van der Waals surface area contributed by atoms with Gasteiger partial charge < -0.3 is 10.5 Å². The molecule has 144 valence electrons. The van der Waals surface area contributed by atoms with Gasteiger partial charge in [0, 0.05) is 57.2 Å². The molecule has 3 aliphatic heterocycles. The molecule has 3 fully saturated rings. The molecule has 3 unspecified atom stereocenters. The van der Waals surface area contributed by atoms with Gasteiger partial charge in [0.2, 0.25) is 11.8 Å². The predicted molar refractivity (Wildman–Crippen MR) is 99.8 cm³/mol. The lowest BCUT2D eigenvalue weighted by Crippen LogP contribution is -2.47. The fourth-order valence-electron chi connectivity index (χ4n) is 3.64. The quantitative estimate of drug-likeness (QED) is 0.306. The molecule has 3 atom stereocenters. The number of nitrogens with zero attached hydrogens (tertiary/aromatic N) is 3. The van der Waals surface area contributed by atoms with Crippen molar-refractivity contribution in [2.75, 3.05) is 45.3 Å². The normalized spacial score (nSPS) is 29.4. The minimum atomic E-state index is -0.131. The lowest BCUT2D eigenvalue weighted by molar-refractivity contribution is -0.139. The number of carbonyl (C=O) groups excluding carboxylic acids is 2. The summed E-state index contributed by atoms with van der Waals surface area (Å²) in [5.74, 6) is 0.598. The van der Waals surface area contributed by atoms with E-state index in [0.29, 0.717) is 25.0 Å². The SMILES string of the molecule is CCN.CCOCSN1CC2CC1CN2CCN1C(=O)CC(C)C1=O. The van der Waals surface area contributed by atoms with Gasteiger partial charge in [-0.05, 0) is 31.8 Å². The lowest BCUT2D eigenvalue weighted by atomic mass is 10.1. The van der Waals surface area contributed by atoms with E-state index < -0.39 is 0 Å². The molecule has 2 amide bonds. The summed E-state index contributed by atoms with van der Waals surface area (Å²) in [6.07, 6.45) is 1.57. The van der Waals surface area contributed by atoms with Crippen LogP contribution in [0.4, 0.5) is 0 Å². The van der Waals surface area contributed by atoms with Crippen molar-refractivity contribution in [3.05, 3.63) is 0 Å². The van der Waals surface area contributed by atoms with Crippen molar-refractivity contribution in [1.29, 1.82) is 0 Å². The summed E-state index contributed by atoms with van der Waals surface area (Å²) in [7, 11) is 0. The van der Waals surface area contributed by atoms with Crippen molar-refractivity contribution in [1.82, 2.24) is 14.1 Å². The molecular weight excluding hydrogens is 340 g/mol. The maximum atomic E-state index is 11.9. The molecule has 2 N–H and O–H groups in total. The number of hydrogen-bond acceptors (Lipinski definition) is 7. The maximum Gasteiger partial charge on any atom is 0.232 e. The molecule has 2 bridgehead atoms. The third-order valence-electron chi connectivity index (χ3n) is 4.89. The second kappa shape index (κ2) is 9.87. The molecule has 0 aromatic carbocycles. The smallest absolute Gasteiger partial charge is 0.232 e. The van der Waals surface area contributed by atoms with Crippen LogP contribution in [0.15, 0.2) is 0 Å². The van der Waals surface area contributed by atoms with Gasteiger partial charge in [-0.3, -0.25) is 19.4 Å². The highest BCUT2D eigenvalue weighted by Gasteiger charge is 2.44. The van der Waals surface area contributed by atoms with Crippen LogP contribution in [0.1, 0.15) is 33.6 Å².